The first kappa shape index (κ1) is 24.7. The fourth-order valence-electron chi connectivity index (χ4n) is 4.10. The molecule has 0 saturated carbocycles. The average molecular weight is 443 g/mol. The zero-order chi connectivity index (χ0) is 22.6. The second-order valence-corrected chi connectivity index (χ2v) is 8.89. The molecule has 3 rings (SSSR count). The van der Waals surface area contributed by atoms with Gasteiger partial charge in [-0.2, -0.15) is 0 Å². The summed E-state index contributed by atoms with van der Waals surface area (Å²) < 4.78 is 32.1. The molecule has 1 saturated heterocycles. The summed E-state index contributed by atoms with van der Waals surface area (Å²) in [6.45, 7) is 6.64. The van der Waals surface area contributed by atoms with E-state index in [2.05, 4.69) is 26.0 Å². The molecule has 0 radical (unpaired) electrons. The van der Waals surface area contributed by atoms with E-state index >= 15 is 0 Å². The van der Waals surface area contributed by atoms with Gasteiger partial charge in [0.05, 0.1) is 19.8 Å². The minimum atomic E-state index is -0.247. The predicted molar refractivity (Wildman–Crippen MR) is 129 cm³/mol. The van der Waals surface area contributed by atoms with Gasteiger partial charge in [-0.15, -0.1) is 0 Å². The number of benzene rings is 2. The summed E-state index contributed by atoms with van der Waals surface area (Å²) in [5, 5.41) is 0. The fourth-order valence-corrected chi connectivity index (χ4v) is 4.10. The number of unbranched alkanes of at least 4 members (excludes halogenated alkanes) is 4. The van der Waals surface area contributed by atoms with Gasteiger partial charge in [-0.05, 0) is 42.5 Å². The molecule has 1 heterocycles. The molecule has 0 N–H and O–H groups in total. The van der Waals surface area contributed by atoms with Crippen molar-refractivity contribution in [2.24, 2.45) is 5.92 Å². The van der Waals surface area contributed by atoms with Gasteiger partial charge in [0.25, 0.3) is 0 Å². The molecular weight excluding hydrogens is 403 g/mol. The predicted octanol–water partition coefficient (Wildman–Crippen LogP) is 7.56. The number of aryl methyl sites for hydroxylation is 1. The molecule has 176 valence electrons. The molecule has 0 bridgehead atoms. The second-order valence-electron chi connectivity index (χ2n) is 8.89. The summed E-state index contributed by atoms with van der Waals surface area (Å²) in [7, 11) is 0. The SMILES string of the molecule is CCCCCOc1ccc(-c2ccc(CCC3OCC(CCCCC)CO3)cc2)c(F)c1. The van der Waals surface area contributed by atoms with Crippen LogP contribution < -0.4 is 4.74 Å². The first-order valence-electron chi connectivity index (χ1n) is 12.4. The van der Waals surface area contributed by atoms with E-state index in [4.69, 9.17) is 14.2 Å². The molecule has 0 aliphatic carbocycles. The Kier molecular flexibility index (Phi) is 10.5. The maximum Gasteiger partial charge on any atom is 0.157 e. The highest BCUT2D eigenvalue weighted by atomic mass is 19.1. The van der Waals surface area contributed by atoms with E-state index in [1.54, 1.807) is 6.07 Å². The van der Waals surface area contributed by atoms with Crippen molar-refractivity contribution in [3.63, 3.8) is 0 Å². The Morgan fingerprint density at radius 3 is 2.28 bits per heavy atom. The summed E-state index contributed by atoms with van der Waals surface area (Å²) in [4.78, 5) is 0. The summed E-state index contributed by atoms with van der Waals surface area (Å²) in [5.74, 6) is 0.891. The molecule has 32 heavy (non-hydrogen) atoms. The Morgan fingerprint density at radius 1 is 0.875 bits per heavy atom. The van der Waals surface area contributed by atoms with Gasteiger partial charge in [0.15, 0.2) is 6.29 Å². The molecule has 0 unspecified atom stereocenters. The van der Waals surface area contributed by atoms with Gasteiger partial charge in [-0.3, -0.25) is 0 Å². The summed E-state index contributed by atoms with van der Waals surface area (Å²) in [6.07, 6.45) is 9.90. The van der Waals surface area contributed by atoms with Gasteiger partial charge in [0.2, 0.25) is 0 Å². The highest BCUT2D eigenvalue weighted by molar-refractivity contribution is 5.65. The normalized spacial score (nSPS) is 18.6. The molecule has 3 nitrogen and oxygen atoms in total. The van der Waals surface area contributed by atoms with Crippen LogP contribution in [0.15, 0.2) is 42.5 Å². The van der Waals surface area contributed by atoms with Crippen molar-refractivity contribution in [2.75, 3.05) is 19.8 Å². The Balaban J connectivity index is 1.44. The second kappa shape index (κ2) is 13.6. The van der Waals surface area contributed by atoms with Crippen molar-refractivity contribution in [1.82, 2.24) is 0 Å². The minimum absolute atomic E-state index is 0.112. The van der Waals surface area contributed by atoms with Crippen LogP contribution in [0.5, 0.6) is 5.75 Å². The number of ether oxygens (including phenoxy) is 3. The number of hydrogen-bond donors (Lipinski definition) is 0. The van der Waals surface area contributed by atoms with Crippen molar-refractivity contribution in [3.05, 3.63) is 53.8 Å². The third kappa shape index (κ3) is 7.90. The van der Waals surface area contributed by atoms with Crippen LogP contribution in [0.4, 0.5) is 4.39 Å². The van der Waals surface area contributed by atoms with E-state index in [-0.39, 0.29) is 12.1 Å². The molecule has 0 atom stereocenters. The van der Waals surface area contributed by atoms with E-state index in [0.29, 0.717) is 23.8 Å². The van der Waals surface area contributed by atoms with E-state index in [1.807, 2.05) is 18.2 Å². The van der Waals surface area contributed by atoms with Gasteiger partial charge in [0.1, 0.15) is 11.6 Å². The Hall–Kier alpha value is -1.91. The van der Waals surface area contributed by atoms with Gasteiger partial charge >= 0.3 is 0 Å². The maximum atomic E-state index is 14.6. The smallest absolute Gasteiger partial charge is 0.157 e. The van der Waals surface area contributed by atoms with Gasteiger partial charge in [0, 0.05) is 24.0 Å². The standard InChI is InChI=1S/C28H39FO3/c1-3-5-7-9-23-20-31-28(32-21-23)17-12-22-10-13-24(14-11-22)26-16-15-25(19-27(26)29)30-18-8-6-4-2/h10-11,13-16,19,23,28H,3-9,12,17-18,20-21H2,1-2H3. The zero-order valence-corrected chi connectivity index (χ0v) is 19.8. The first-order chi connectivity index (χ1) is 15.7. The highest BCUT2D eigenvalue weighted by Gasteiger charge is 2.21. The van der Waals surface area contributed by atoms with Crippen molar-refractivity contribution < 1.29 is 18.6 Å². The van der Waals surface area contributed by atoms with Gasteiger partial charge in [-0.1, -0.05) is 70.2 Å². The highest BCUT2D eigenvalue weighted by Crippen LogP contribution is 2.27. The molecule has 0 spiro atoms. The maximum absolute atomic E-state index is 14.6. The average Bonchev–Trinajstić information content (AvgIpc) is 2.82. The van der Waals surface area contributed by atoms with Crippen molar-refractivity contribution in [2.45, 2.75) is 77.9 Å². The lowest BCUT2D eigenvalue weighted by Gasteiger charge is -2.29. The van der Waals surface area contributed by atoms with E-state index in [9.17, 15) is 4.39 Å². The lowest BCUT2D eigenvalue weighted by molar-refractivity contribution is -0.203. The summed E-state index contributed by atoms with van der Waals surface area (Å²) >= 11 is 0. The van der Waals surface area contributed by atoms with Crippen LogP contribution in [-0.4, -0.2) is 26.1 Å². The van der Waals surface area contributed by atoms with E-state index < -0.39 is 0 Å². The Labute approximate surface area is 193 Å². The van der Waals surface area contributed by atoms with Crippen LogP contribution in [0.3, 0.4) is 0 Å². The van der Waals surface area contributed by atoms with Crippen LogP contribution >= 0.6 is 0 Å². The molecule has 4 heteroatoms. The first-order valence-corrected chi connectivity index (χ1v) is 12.4. The quantitative estimate of drug-likeness (QED) is 0.300. The number of rotatable bonds is 13. The Morgan fingerprint density at radius 2 is 1.59 bits per heavy atom. The van der Waals surface area contributed by atoms with E-state index in [1.165, 1.54) is 37.3 Å². The topological polar surface area (TPSA) is 27.7 Å². The molecule has 1 aliphatic heterocycles. The molecule has 1 aliphatic rings. The lowest BCUT2D eigenvalue weighted by atomic mass is 10.0. The summed E-state index contributed by atoms with van der Waals surface area (Å²) in [6, 6.07) is 13.3. The fraction of sp³-hybridized carbons (Fsp3) is 0.571. The van der Waals surface area contributed by atoms with Crippen molar-refractivity contribution in [1.29, 1.82) is 0 Å². The van der Waals surface area contributed by atoms with Crippen LogP contribution in [0.25, 0.3) is 11.1 Å². The van der Waals surface area contributed by atoms with Crippen LogP contribution in [0.2, 0.25) is 0 Å². The monoisotopic (exact) mass is 442 g/mol. The lowest BCUT2D eigenvalue weighted by Crippen LogP contribution is -2.32. The largest absolute Gasteiger partial charge is 0.493 e. The number of hydrogen-bond acceptors (Lipinski definition) is 3. The third-order valence-electron chi connectivity index (χ3n) is 6.14. The van der Waals surface area contributed by atoms with E-state index in [0.717, 1.165) is 50.9 Å². The zero-order valence-electron chi connectivity index (χ0n) is 19.8. The van der Waals surface area contributed by atoms with Crippen molar-refractivity contribution >= 4 is 0 Å². The van der Waals surface area contributed by atoms with Crippen LogP contribution in [-0.2, 0) is 15.9 Å². The molecule has 2 aromatic rings. The van der Waals surface area contributed by atoms with Gasteiger partial charge < -0.3 is 14.2 Å². The van der Waals surface area contributed by atoms with Crippen LogP contribution in [0.1, 0.15) is 70.8 Å². The van der Waals surface area contributed by atoms with Crippen molar-refractivity contribution in [3.8, 4) is 16.9 Å². The van der Waals surface area contributed by atoms with Crippen LogP contribution in [0, 0.1) is 11.7 Å². The summed E-state index contributed by atoms with van der Waals surface area (Å²) in [5.41, 5.74) is 2.69. The molecule has 2 aromatic carbocycles. The molecular formula is C28H39FO3. The molecule has 1 fully saturated rings. The third-order valence-corrected chi connectivity index (χ3v) is 6.14. The number of halogens is 1. The van der Waals surface area contributed by atoms with Gasteiger partial charge in [-0.25, -0.2) is 4.39 Å². The molecule has 0 aromatic heterocycles. The molecule has 0 amide bonds. The minimum Gasteiger partial charge on any atom is -0.493 e. The Bertz CT molecular complexity index is 782.